The molecule has 320 valence electrons. The molecule has 0 aromatic heterocycles. The highest BCUT2D eigenvalue weighted by Gasteiger charge is 2.19. The van der Waals surface area contributed by atoms with Crippen molar-refractivity contribution in [1.29, 1.82) is 0 Å². The third-order valence-corrected chi connectivity index (χ3v) is 10.7. The number of carbonyl (C=O) groups excluding carboxylic acids is 3. The molecule has 0 radical (unpaired) electrons. The summed E-state index contributed by atoms with van der Waals surface area (Å²) in [5, 5.41) is 0. The zero-order valence-corrected chi connectivity index (χ0v) is 36.8. The van der Waals surface area contributed by atoms with E-state index in [1.807, 2.05) is 0 Å². The summed E-state index contributed by atoms with van der Waals surface area (Å²) >= 11 is 0. The van der Waals surface area contributed by atoms with E-state index in [4.69, 9.17) is 14.2 Å². The normalized spacial score (nSPS) is 12.1. The molecule has 1 atom stereocenters. The second-order valence-corrected chi connectivity index (χ2v) is 17.3. The van der Waals surface area contributed by atoms with Crippen molar-refractivity contribution in [2.24, 2.45) is 11.8 Å². The van der Waals surface area contributed by atoms with Crippen molar-refractivity contribution in [3.05, 3.63) is 0 Å². The maximum atomic E-state index is 12.7. The average molecular weight is 765 g/mol. The first-order valence-corrected chi connectivity index (χ1v) is 23.7. The molecule has 0 rings (SSSR count). The molecule has 0 fully saturated rings. The van der Waals surface area contributed by atoms with Gasteiger partial charge in [0.2, 0.25) is 0 Å². The topological polar surface area (TPSA) is 78.9 Å². The third-order valence-electron chi connectivity index (χ3n) is 10.7. The Kier molecular flexibility index (Phi) is 39.8. The van der Waals surface area contributed by atoms with Gasteiger partial charge in [0, 0.05) is 19.3 Å². The Morgan fingerprint density at radius 1 is 0.352 bits per heavy atom. The minimum atomic E-state index is -0.761. The van der Waals surface area contributed by atoms with E-state index in [0.717, 1.165) is 69.6 Å². The van der Waals surface area contributed by atoms with Gasteiger partial charge in [0.15, 0.2) is 6.10 Å². The van der Waals surface area contributed by atoms with Crippen molar-refractivity contribution in [3.63, 3.8) is 0 Å². The smallest absolute Gasteiger partial charge is 0.306 e. The number of esters is 3. The van der Waals surface area contributed by atoms with Gasteiger partial charge in [0.05, 0.1) is 0 Å². The summed E-state index contributed by atoms with van der Waals surface area (Å²) in [4.78, 5) is 37.8. The minimum Gasteiger partial charge on any atom is -0.462 e. The van der Waals surface area contributed by atoms with Gasteiger partial charge in [0.1, 0.15) is 13.2 Å². The first kappa shape index (κ1) is 52.4. The Balaban J connectivity index is 4.33. The molecule has 0 aliphatic heterocycles. The van der Waals surface area contributed by atoms with Crippen molar-refractivity contribution in [1.82, 2.24) is 0 Å². The van der Waals surface area contributed by atoms with Crippen LogP contribution in [0, 0.1) is 11.8 Å². The Hall–Kier alpha value is -1.59. The van der Waals surface area contributed by atoms with Crippen molar-refractivity contribution >= 4 is 17.9 Å². The van der Waals surface area contributed by atoms with E-state index in [-0.39, 0.29) is 31.1 Å². The van der Waals surface area contributed by atoms with Crippen LogP contribution < -0.4 is 0 Å². The first-order chi connectivity index (χ1) is 26.2. The van der Waals surface area contributed by atoms with Gasteiger partial charge in [-0.05, 0) is 31.1 Å². The molecule has 0 spiro atoms. The molecule has 0 unspecified atom stereocenters. The monoisotopic (exact) mass is 765 g/mol. The summed E-state index contributed by atoms with van der Waals surface area (Å²) in [6.07, 6.45) is 39.5. The molecule has 0 heterocycles. The third kappa shape index (κ3) is 41.6. The van der Waals surface area contributed by atoms with Crippen LogP contribution in [0.2, 0.25) is 0 Å². The van der Waals surface area contributed by atoms with Crippen LogP contribution in [0.5, 0.6) is 0 Å². The van der Waals surface area contributed by atoms with E-state index in [0.29, 0.717) is 19.3 Å². The van der Waals surface area contributed by atoms with Crippen LogP contribution in [0.4, 0.5) is 0 Å². The van der Waals surface area contributed by atoms with E-state index >= 15 is 0 Å². The Morgan fingerprint density at radius 3 is 0.907 bits per heavy atom. The standard InChI is InChI=1S/C48H92O6/c1-6-7-8-9-10-11-12-13-14-17-23-28-33-38-46(49)52-41-45(54-48(51)40-35-30-25-20-19-22-27-32-37-44(4)5)42-53-47(50)39-34-29-24-18-15-16-21-26-31-36-43(2)3/h43-45H,6-42H2,1-5H3/t45-/m1/s1. The molecule has 0 aliphatic carbocycles. The number of carbonyl (C=O) groups is 3. The van der Waals surface area contributed by atoms with Gasteiger partial charge in [-0.2, -0.15) is 0 Å². The summed E-state index contributed by atoms with van der Waals surface area (Å²) in [5.41, 5.74) is 0. The predicted molar refractivity (Wildman–Crippen MR) is 229 cm³/mol. The molecule has 0 amide bonds. The fourth-order valence-corrected chi connectivity index (χ4v) is 7.11. The SMILES string of the molecule is CCCCCCCCCCCCCCCC(=O)OC[C@H](COC(=O)CCCCCCCCCCCC(C)C)OC(=O)CCCCCCCCCCC(C)C. The van der Waals surface area contributed by atoms with E-state index in [9.17, 15) is 14.4 Å². The highest BCUT2D eigenvalue weighted by Crippen LogP contribution is 2.17. The van der Waals surface area contributed by atoms with E-state index < -0.39 is 6.10 Å². The van der Waals surface area contributed by atoms with Crippen LogP contribution in [-0.2, 0) is 28.6 Å². The Bertz CT molecular complexity index is 824. The number of hydrogen-bond donors (Lipinski definition) is 0. The summed E-state index contributed by atoms with van der Waals surface area (Å²) in [6.45, 7) is 11.3. The number of rotatable bonds is 42. The van der Waals surface area contributed by atoms with Gasteiger partial charge in [-0.15, -0.1) is 0 Å². The molecule has 0 saturated carbocycles. The molecular weight excluding hydrogens is 673 g/mol. The highest BCUT2D eigenvalue weighted by molar-refractivity contribution is 5.71. The average Bonchev–Trinajstić information content (AvgIpc) is 3.14. The quantitative estimate of drug-likeness (QED) is 0.0350. The second kappa shape index (κ2) is 41.1. The van der Waals surface area contributed by atoms with Crippen molar-refractivity contribution in [2.75, 3.05) is 13.2 Å². The fraction of sp³-hybridized carbons (Fsp3) is 0.938. The maximum absolute atomic E-state index is 12.7. The zero-order chi connectivity index (χ0) is 39.7. The van der Waals surface area contributed by atoms with Crippen LogP contribution >= 0.6 is 0 Å². The van der Waals surface area contributed by atoms with Gasteiger partial charge in [-0.1, -0.05) is 221 Å². The van der Waals surface area contributed by atoms with Crippen LogP contribution in [0.25, 0.3) is 0 Å². The lowest BCUT2D eigenvalue weighted by Gasteiger charge is -2.18. The van der Waals surface area contributed by atoms with E-state index in [2.05, 4.69) is 34.6 Å². The fourth-order valence-electron chi connectivity index (χ4n) is 7.11. The van der Waals surface area contributed by atoms with Gasteiger partial charge in [-0.3, -0.25) is 14.4 Å². The molecule has 6 nitrogen and oxygen atoms in total. The first-order valence-electron chi connectivity index (χ1n) is 23.7. The van der Waals surface area contributed by atoms with Crippen molar-refractivity contribution in [3.8, 4) is 0 Å². The molecule has 0 aliphatic rings. The molecule has 0 saturated heterocycles. The Labute approximate surface area is 336 Å². The zero-order valence-electron chi connectivity index (χ0n) is 36.8. The molecule has 54 heavy (non-hydrogen) atoms. The van der Waals surface area contributed by atoms with Crippen LogP contribution in [0.1, 0.15) is 259 Å². The van der Waals surface area contributed by atoms with Gasteiger partial charge in [0.25, 0.3) is 0 Å². The van der Waals surface area contributed by atoms with E-state index in [1.54, 1.807) is 0 Å². The van der Waals surface area contributed by atoms with Crippen molar-refractivity contribution < 1.29 is 28.6 Å². The summed E-state index contributed by atoms with van der Waals surface area (Å²) in [6, 6.07) is 0. The van der Waals surface area contributed by atoms with Gasteiger partial charge < -0.3 is 14.2 Å². The van der Waals surface area contributed by atoms with Crippen molar-refractivity contribution in [2.45, 2.75) is 265 Å². The number of hydrogen-bond acceptors (Lipinski definition) is 6. The lowest BCUT2D eigenvalue weighted by atomic mass is 10.0. The molecule has 0 aromatic carbocycles. The molecule has 6 heteroatoms. The van der Waals surface area contributed by atoms with Crippen LogP contribution in [-0.4, -0.2) is 37.2 Å². The predicted octanol–water partition coefficient (Wildman–Crippen LogP) is 15.0. The lowest BCUT2D eigenvalue weighted by Crippen LogP contribution is -2.30. The summed E-state index contributed by atoms with van der Waals surface area (Å²) in [5.74, 6) is 0.745. The van der Waals surface area contributed by atoms with Gasteiger partial charge in [-0.25, -0.2) is 0 Å². The summed E-state index contributed by atoms with van der Waals surface area (Å²) in [7, 11) is 0. The number of unbranched alkanes of at least 4 members (excludes halogenated alkanes) is 27. The largest absolute Gasteiger partial charge is 0.462 e. The van der Waals surface area contributed by atoms with E-state index in [1.165, 1.54) is 148 Å². The maximum Gasteiger partial charge on any atom is 0.306 e. The van der Waals surface area contributed by atoms with Crippen LogP contribution in [0.3, 0.4) is 0 Å². The molecular formula is C48H92O6. The summed E-state index contributed by atoms with van der Waals surface area (Å²) < 4.78 is 16.7. The van der Waals surface area contributed by atoms with Gasteiger partial charge >= 0.3 is 17.9 Å². The lowest BCUT2D eigenvalue weighted by molar-refractivity contribution is -0.167. The molecule has 0 bridgehead atoms. The number of ether oxygens (including phenoxy) is 3. The second-order valence-electron chi connectivity index (χ2n) is 17.3. The molecule has 0 aromatic rings. The minimum absolute atomic E-state index is 0.0649. The highest BCUT2D eigenvalue weighted by atomic mass is 16.6. The molecule has 0 N–H and O–H groups in total. The van der Waals surface area contributed by atoms with Crippen LogP contribution in [0.15, 0.2) is 0 Å². The Morgan fingerprint density at radius 2 is 0.611 bits per heavy atom.